The first-order valence-electron chi connectivity index (χ1n) is 12.4. The average Bonchev–Trinajstić information content (AvgIpc) is 3.54. The molecule has 3 heterocycles. The first kappa shape index (κ1) is 23.9. The van der Waals surface area contributed by atoms with Gasteiger partial charge in [-0.05, 0) is 35.9 Å². The minimum Gasteiger partial charge on any atom is -0.489 e. The van der Waals surface area contributed by atoms with Crippen molar-refractivity contribution >= 4 is 33.3 Å². The highest BCUT2D eigenvalue weighted by atomic mass is 16.6. The molecule has 3 aromatic carbocycles. The Hall–Kier alpha value is -4.47. The molecule has 0 bridgehead atoms. The Morgan fingerprint density at radius 1 is 1.03 bits per heavy atom. The maximum absolute atomic E-state index is 13.7. The number of benzene rings is 3. The number of hydrogen-bond donors (Lipinski definition) is 1. The van der Waals surface area contributed by atoms with Gasteiger partial charge < -0.3 is 18.9 Å². The van der Waals surface area contributed by atoms with E-state index in [9.17, 15) is 14.9 Å². The minimum absolute atomic E-state index is 0.0565. The third-order valence-electron chi connectivity index (χ3n) is 6.77. The van der Waals surface area contributed by atoms with E-state index < -0.39 is 4.92 Å². The largest absolute Gasteiger partial charge is 0.489 e. The lowest BCUT2D eigenvalue weighted by Crippen LogP contribution is -2.36. The molecule has 1 aliphatic rings. The van der Waals surface area contributed by atoms with Crippen molar-refractivity contribution in [3.63, 3.8) is 0 Å². The number of H-pyrrole nitrogens is 1. The predicted molar refractivity (Wildman–Crippen MR) is 141 cm³/mol. The van der Waals surface area contributed by atoms with Crippen molar-refractivity contribution in [2.24, 2.45) is 0 Å². The molecule has 0 amide bonds. The molecule has 1 saturated heterocycles. The van der Waals surface area contributed by atoms with Crippen LogP contribution in [0.2, 0.25) is 0 Å². The topological polar surface area (TPSA) is 111 Å². The highest BCUT2D eigenvalue weighted by Gasteiger charge is 2.25. The number of furan rings is 1. The van der Waals surface area contributed by atoms with Crippen molar-refractivity contribution in [2.45, 2.75) is 13.2 Å². The predicted octanol–water partition coefficient (Wildman–Crippen LogP) is 5.46. The summed E-state index contributed by atoms with van der Waals surface area (Å²) in [7, 11) is 0. The van der Waals surface area contributed by atoms with Crippen LogP contribution in [0.3, 0.4) is 0 Å². The zero-order chi connectivity index (χ0) is 26.1. The number of ether oxygens (including phenoxy) is 2. The quantitative estimate of drug-likeness (QED) is 0.167. The van der Waals surface area contributed by atoms with Gasteiger partial charge in [0.05, 0.1) is 23.8 Å². The van der Waals surface area contributed by atoms with Crippen molar-refractivity contribution in [1.82, 2.24) is 9.88 Å². The number of nitro groups is 1. The van der Waals surface area contributed by atoms with Gasteiger partial charge in [0, 0.05) is 53.6 Å². The highest BCUT2D eigenvalue weighted by molar-refractivity contribution is 6.12. The van der Waals surface area contributed by atoms with Crippen LogP contribution in [-0.2, 0) is 17.9 Å². The van der Waals surface area contributed by atoms with Crippen molar-refractivity contribution in [2.75, 3.05) is 26.3 Å². The van der Waals surface area contributed by atoms with E-state index in [0.717, 1.165) is 35.1 Å². The van der Waals surface area contributed by atoms with Crippen LogP contribution < -0.4 is 4.74 Å². The number of rotatable bonds is 8. The molecular formula is C29H25N3O6. The van der Waals surface area contributed by atoms with Gasteiger partial charge in [-0.15, -0.1) is 0 Å². The standard InChI is InChI=1S/C29H25N3O6/c33-29(27-15-20-14-21(32(34)35)6-9-26(20)38-27)28-24(17-31-10-12-36-13-11-31)23-16-22(7-8-25(23)30-28)37-18-19-4-2-1-3-5-19/h1-9,14-16,30H,10-13,17-18H2. The molecular weight excluding hydrogens is 486 g/mol. The molecule has 1 fully saturated rings. The number of carbonyl (C=O) groups is 1. The van der Waals surface area contributed by atoms with Crippen LogP contribution in [0.4, 0.5) is 5.69 Å². The monoisotopic (exact) mass is 511 g/mol. The van der Waals surface area contributed by atoms with Crippen LogP contribution in [-0.4, -0.2) is 46.9 Å². The van der Waals surface area contributed by atoms with E-state index >= 15 is 0 Å². The van der Waals surface area contributed by atoms with E-state index in [1.165, 1.54) is 18.2 Å². The molecule has 1 aliphatic heterocycles. The van der Waals surface area contributed by atoms with Gasteiger partial charge in [-0.3, -0.25) is 19.8 Å². The van der Waals surface area contributed by atoms with Gasteiger partial charge in [-0.2, -0.15) is 0 Å². The number of ketones is 1. The Morgan fingerprint density at radius 3 is 2.63 bits per heavy atom. The fourth-order valence-electron chi connectivity index (χ4n) is 4.78. The summed E-state index contributed by atoms with van der Waals surface area (Å²) in [5, 5.41) is 12.6. The van der Waals surface area contributed by atoms with Gasteiger partial charge >= 0.3 is 0 Å². The second-order valence-electron chi connectivity index (χ2n) is 9.27. The van der Waals surface area contributed by atoms with Crippen molar-refractivity contribution in [3.8, 4) is 5.75 Å². The zero-order valence-corrected chi connectivity index (χ0v) is 20.5. The molecule has 0 saturated carbocycles. The van der Waals surface area contributed by atoms with E-state index in [0.29, 0.717) is 48.8 Å². The van der Waals surface area contributed by atoms with Gasteiger partial charge in [0.2, 0.25) is 5.78 Å². The summed E-state index contributed by atoms with van der Waals surface area (Å²) in [6.07, 6.45) is 0. The summed E-state index contributed by atoms with van der Waals surface area (Å²) in [4.78, 5) is 30.0. The van der Waals surface area contributed by atoms with Gasteiger partial charge in [0.25, 0.3) is 5.69 Å². The van der Waals surface area contributed by atoms with Crippen LogP contribution in [0.5, 0.6) is 5.75 Å². The van der Waals surface area contributed by atoms with E-state index in [4.69, 9.17) is 13.9 Å². The minimum atomic E-state index is -0.469. The first-order valence-corrected chi connectivity index (χ1v) is 12.4. The smallest absolute Gasteiger partial charge is 0.270 e. The van der Waals surface area contributed by atoms with E-state index in [2.05, 4.69) is 9.88 Å². The maximum atomic E-state index is 13.7. The van der Waals surface area contributed by atoms with Crippen LogP contribution in [0, 0.1) is 10.1 Å². The summed E-state index contributed by atoms with van der Waals surface area (Å²) in [6, 6.07) is 21.5. The number of aromatic nitrogens is 1. The molecule has 6 rings (SSSR count). The lowest BCUT2D eigenvalue weighted by molar-refractivity contribution is -0.384. The third kappa shape index (κ3) is 4.77. The molecule has 5 aromatic rings. The molecule has 0 aliphatic carbocycles. The van der Waals surface area contributed by atoms with E-state index in [1.54, 1.807) is 6.07 Å². The van der Waals surface area contributed by atoms with Gasteiger partial charge in [-0.25, -0.2) is 0 Å². The number of nitrogens with zero attached hydrogens (tertiary/aromatic N) is 2. The van der Waals surface area contributed by atoms with Crippen LogP contribution in [0.25, 0.3) is 21.9 Å². The third-order valence-corrected chi connectivity index (χ3v) is 6.77. The van der Waals surface area contributed by atoms with Crippen molar-refractivity contribution < 1.29 is 23.6 Å². The summed E-state index contributed by atoms with van der Waals surface area (Å²) < 4.78 is 17.4. The Kier molecular flexibility index (Phi) is 6.36. The fraction of sp³-hybridized carbons (Fsp3) is 0.207. The lowest BCUT2D eigenvalue weighted by atomic mass is 10.1. The van der Waals surface area contributed by atoms with Gasteiger partial charge in [-0.1, -0.05) is 30.3 Å². The fourth-order valence-corrected chi connectivity index (χ4v) is 4.78. The number of hydrogen-bond acceptors (Lipinski definition) is 7. The van der Waals surface area contributed by atoms with Gasteiger partial charge in [0.15, 0.2) is 5.76 Å². The maximum Gasteiger partial charge on any atom is 0.270 e. The Labute approximate surface area is 217 Å². The van der Waals surface area contributed by atoms with Crippen molar-refractivity contribution in [3.05, 3.63) is 105 Å². The normalized spacial score (nSPS) is 14.2. The zero-order valence-electron chi connectivity index (χ0n) is 20.5. The Morgan fingerprint density at radius 2 is 1.84 bits per heavy atom. The molecule has 0 spiro atoms. The van der Waals surface area contributed by atoms with Crippen LogP contribution in [0.15, 0.2) is 77.2 Å². The SMILES string of the molecule is O=C(c1cc2cc([N+](=O)[O-])ccc2o1)c1[nH]c2ccc(OCc3ccccc3)cc2c1CN1CCOCC1. The molecule has 0 atom stereocenters. The summed E-state index contributed by atoms with van der Waals surface area (Å²) in [5.41, 5.74) is 3.52. The lowest BCUT2D eigenvalue weighted by Gasteiger charge is -2.26. The average molecular weight is 512 g/mol. The number of nitro benzene ring substituents is 1. The van der Waals surface area contributed by atoms with Crippen molar-refractivity contribution in [1.29, 1.82) is 0 Å². The number of fused-ring (bicyclic) bond motifs is 2. The summed E-state index contributed by atoms with van der Waals surface area (Å²) in [5.74, 6) is 0.518. The number of morpholine rings is 1. The second-order valence-corrected chi connectivity index (χ2v) is 9.27. The van der Waals surface area contributed by atoms with Crippen LogP contribution >= 0.6 is 0 Å². The molecule has 9 nitrogen and oxygen atoms in total. The van der Waals surface area contributed by atoms with Crippen LogP contribution in [0.1, 0.15) is 27.4 Å². The molecule has 1 N–H and O–H groups in total. The molecule has 38 heavy (non-hydrogen) atoms. The first-order chi connectivity index (χ1) is 18.5. The summed E-state index contributed by atoms with van der Waals surface area (Å²) in [6.45, 7) is 3.79. The molecule has 9 heteroatoms. The number of aromatic amines is 1. The van der Waals surface area contributed by atoms with Gasteiger partial charge in [0.1, 0.15) is 17.9 Å². The van der Waals surface area contributed by atoms with E-state index in [1.807, 2.05) is 48.5 Å². The molecule has 0 unspecified atom stereocenters. The van der Waals surface area contributed by atoms with E-state index in [-0.39, 0.29) is 17.2 Å². The number of non-ortho nitro benzene ring substituents is 1. The number of carbonyl (C=O) groups excluding carboxylic acids is 1. The molecule has 192 valence electrons. The summed E-state index contributed by atoms with van der Waals surface area (Å²) >= 11 is 0. The molecule has 2 aromatic heterocycles. The number of nitrogens with one attached hydrogen (secondary N) is 1. The highest BCUT2D eigenvalue weighted by Crippen LogP contribution is 2.32. The second kappa shape index (κ2) is 10.1. The molecule has 0 radical (unpaired) electrons. The Bertz CT molecular complexity index is 1630. The Balaban J connectivity index is 1.37.